The Bertz CT molecular complexity index is 1040. The number of carboxylic acid groups (broad SMARTS) is 1. The van der Waals surface area contributed by atoms with Gasteiger partial charge in [-0.1, -0.05) is 18.2 Å². The lowest BCUT2D eigenvalue weighted by Gasteiger charge is -2.35. The molecule has 5 rings (SSSR count). The third kappa shape index (κ3) is 3.14. The number of nitrogens with zero attached hydrogens (tertiary/aromatic N) is 1. The lowest BCUT2D eigenvalue weighted by molar-refractivity contribution is -0.145. The number of aromatic nitrogens is 1. The van der Waals surface area contributed by atoms with Crippen LogP contribution in [0.15, 0.2) is 48.5 Å². The molecule has 0 amide bonds. The molecule has 150 valence electrons. The van der Waals surface area contributed by atoms with Gasteiger partial charge in [-0.3, -0.25) is 4.79 Å². The first-order chi connectivity index (χ1) is 14.1. The number of para-hydroxylation sites is 1. The molecule has 5 heteroatoms. The summed E-state index contributed by atoms with van der Waals surface area (Å²) in [4.78, 5) is 11.4. The molecule has 0 atom stereocenters. The molecule has 0 unspecified atom stereocenters. The average Bonchev–Trinajstić information content (AvgIpc) is 3.03. The summed E-state index contributed by atoms with van der Waals surface area (Å²) in [5.74, 6) is -0.603. The van der Waals surface area contributed by atoms with Gasteiger partial charge in [-0.15, -0.1) is 0 Å². The molecule has 0 radical (unpaired) electrons. The molecule has 1 aliphatic carbocycles. The minimum atomic E-state index is -0.698. The van der Waals surface area contributed by atoms with Crippen molar-refractivity contribution in [2.45, 2.75) is 37.5 Å². The van der Waals surface area contributed by atoms with E-state index in [0.717, 1.165) is 37.3 Å². The number of benzene rings is 2. The Labute approximate surface area is 168 Å². The highest BCUT2D eigenvalue weighted by atomic mass is 19.1. The maximum Gasteiger partial charge on any atom is 0.306 e. The number of hydrogen-bond acceptors (Lipinski definition) is 2. The van der Waals surface area contributed by atoms with E-state index >= 15 is 0 Å². The lowest BCUT2D eigenvalue weighted by Crippen LogP contribution is -2.30. The van der Waals surface area contributed by atoms with Gasteiger partial charge in [0.1, 0.15) is 5.82 Å². The van der Waals surface area contributed by atoms with Gasteiger partial charge < -0.3 is 14.4 Å². The molecule has 2 aliphatic rings. The molecule has 3 aromatic rings. The van der Waals surface area contributed by atoms with Crippen LogP contribution < -0.4 is 0 Å². The van der Waals surface area contributed by atoms with Gasteiger partial charge in [0, 0.05) is 35.9 Å². The molecule has 2 heterocycles. The summed E-state index contributed by atoms with van der Waals surface area (Å²) in [6, 6.07) is 15.0. The summed E-state index contributed by atoms with van der Waals surface area (Å²) in [6.07, 6.45) is 3.26. The van der Waals surface area contributed by atoms with Gasteiger partial charge in [0.2, 0.25) is 0 Å². The Kier molecular flexibility index (Phi) is 4.63. The van der Waals surface area contributed by atoms with Crippen LogP contribution in [0.2, 0.25) is 0 Å². The zero-order valence-corrected chi connectivity index (χ0v) is 16.2. The fourth-order valence-electron chi connectivity index (χ4n) is 5.01. The summed E-state index contributed by atoms with van der Waals surface area (Å²) in [5, 5.41) is 10.6. The fraction of sp³-hybridized carbons (Fsp3) is 0.375. The van der Waals surface area contributed by atoms with Gasteiger partial charge in [0.25, 0.3) is 0 Å². The van der Waals surface area contributed by atoms with Crippen molar-refractivity contribution in [1.82, 2.24) is 4.57 Å². The summed E-state index contributed by atoms with van der Waals surface area (Å²) >= 11 is 0. The molecule has 1 saturated heterocycles. The van der Waals surface area contributed by atoms with Crippen LogP contribution in [0.1, 0.15) is 48.8 Å². The van der Waals surface area contributed by atoms with Crippen molar-refractivity contribution in [2.75, 3.05) is 13.2 Å². The van der Waals surface area contributed by atoms with E-state index in [4.69, 9.17) is 4.74 Å². The van der Waals surface area contributed by atoms with Gasteiger partial charge in [0.15, 0.2) is 0 Å². The van der Waals surface area contributed by atoms with E-state index in [1.54, 1.807) is 0 Å². The quantitative estimate of drug-likeness (QED) is 0.659. The Balaban J connectivity index is 1.72. The number of carbonyl (C=O) groups is 1. The zero-order chi connectivity index (χ0) is 20.0. The molecule has 2 fully saturated rings. The second kappa shape index (κ2) is 7.30. The zero-order valence-electron chi connectivity index (χ0n) is 16.2. The Morgan fingerprint density at radius 2 is 1.69 bits per heavy atom. The molecular weight excluding hydrogens is 369 g/mol. The summed E-state index contributed by atoms with van der Waals surface area (Å²) in [5.41, 5.74) is 4.60. The summed E-state index contributed by atoms with van der Waals surface area (Å²) < 4.78 is 21.5. The molecule has 1 saturated carbocycles. The maximum absolute atomic E-state index is 13.6. The van der Waals surface area contributed by atoms with E-state index < -0.39 is 5.97 Å². The molecule has 0 spiro atoms. The second-order valence-electron chi connectivity index (χ2n) is 8.22. The molecule has 4 nitrogen and oxygen atoms in total. The lowest BCUT2D eigenvalue weighted by atomic mass is 9.69. The van der Waals surface area contributed by atoms with Crippen molar-refractivity contribution in [3.05, 3.63) is 65.6 Å². The van der Waals surface area contributed by atoms with Crippen LogP contribution >= 0.6 is 0 Å². The molecule has 1 aliphatic heterocycles. The van der Waals surface area contributed by atoms with Crippen LogP contribution in [0.5, 0.6) is 0 Å². The minimum absolute atomic E-state index is 0.249. The van der Waals surface area contributed by atoms with Gasteiger partial charge in [0.05, 0.1) is 11.4 Å². The Hall–Kier alpha value is -2.66. The molecule has 1 aromatic heterocycles. The average molecular weight is 393 g/mol. The minimum Gasteiger partial charge on any atom is -0.481 e. The van der Waals surface area contributed by atoms with Crippen molar-refractivity contribution in [1.29, 1.82) is 0 Å². The standard InChI is InChI=1S/C24H24FNO3/c25-18-5-7-19(8-6-18)26-21-4-2-1-3-20(21)22(16-13-17(14-16)24(27)28)23(26)15-9-11-29-12-10-15/h1-8,15-17H,9-14H2,(H,27,28). The number of aliphatic carboxylic acids is 1. The predicted molar refractivity (Wildman–Crippen MR) is 109 cm³/mol. The largest absolute Gasteiger partial charge is 0.481 e. The van der Waals surface area contributed by atoms with Crippen molar-refractivity contribution in [3.8, 4) is 5.69 Å². The molecular formula is C24H24FNO3. The van der Waals surface area contributed by atoms with Crippen molar-refractivity contribution < 1.29 is 19.0 Å². The van der Waals surface area contributed by atoms with Crippen molar-refractivity contribution >= 4 is 16.9 Å². The van der Waals surface area contributed by atoms with Crippen LogP contribution in [0.3, 0.4) is 0 Å². The number of carboxylic acids is 1. The van der Waals surface area contributed by atoms with Crippen LogP contribution in [0.25, 0.3) is 16.6 Å². The molecule has 0 bridgehead atoms. The monoisotopic (exact) mass is 393 g/mol. The van der Waals surface area contributed by atoms with E-state index in [2.05, 4.69) is 16.7 Å². The number of halogens is 1. The van der Waals surface area contributed by atoms with Crippen LogP contribution in [-0.4, -0.2) is 28.9 Å². The van der Waals surface area contributed by atoms with Gasteiger partial charge >= 0.3 is 5.97 Å². The van der Waals surface area contributed by atoms with Crippen LogP contribution in [0, 0.1) is 11.7 Å². The number of rotatable bonds is 4. The molecule has 29 heavy (non-hydrogen) atoms. The third-order valence-corrected chi connectivity index (χ3v) is 6.54. The highest BCUT2D eigenvalue weighted by Crippen LogP contribution is 2.49. The van der Waals surface area contributed by atoms with Gasteiger partial charge in [-0.05, 0) is 67.5 Å². The third-order valence-electron chi connectivity index (χ3n) is 6.54. The van der Waals surface area contributed by atoms with Crippen molar-refractivity contribution in [2.24, 2.45) is 5.92 Å². The van der Waals surface area contributed by atoms with Crippen molar-refractivity contribution in [3.63, 3.8) is 0 Å². The summed E-state index contributed by atoms with van der Waals surface area (Å²) in [6.45, 7) is 1.47. The van der Waals surface area contributed by atoms with Gasteiger partial charge in [-0.25, -0.2) is 4.39 Å². The first kappa shape index (κ1) is 18.4. The molecule has 1 N–H and O–H groups in total. The SMILES string of the molecule is O=C(O)C1CC(c2c(C3CCOCC3)n(-c3ccc(F)cc3)c3ccccc23)C1. The highest BCUT2D eigenvalue weighted by molar-refractivity contribution is 5.89. The van der Waals surface area contributed by atoms with E-state index in [0.29, 0.717) is 18.8 Å². The van der Waals surface area contributed by atoms with E-state index in [1.165, 1.54) is 28.8 Å². The van der Waals surface area contributed by atoms with E-state index in [-0.39, 0.29) is 17.7 Å². The summed E-state index contributed by atoms with van der Waals surface area (Å²) in [7, 11) is 0. The first-order valence-electron chi connectivity index (χ1n) is 10.3. The maximum atomic E-state index is 13.6. The molecule has 2 aromatic carbocycles. The smallest absolute Gasteiger partial charge is 0.306 e. The predicted octanol–water partition coefficient (Wildman–Crippen LogP) is 5.24. The fourth-order valence-corrected chi connectivity index (χ4v) is 5.01. The van der Waals surface area contributed by atoms with Gasteiger partial charge in [-0.2, -0.15) is 0 Å². The first-order valence-corrected chi connectivity index (χ1v) is 10.3. The Morgan fingerprint density at radius 1 is 1.00 bits per heavy atom. The van der Waals surface area contributed by atoms with Crippen LogP contribution in [0.4, 0.5) is 4.39 Å². The number of hydrogen-bond donors (Lipinski definition) is 1. The second-order valence-corrected chi connectivity index (χ2v) is 8.22. The topological polar surface area (TPSA) is 51.5 Å². The van der Waals surface area contributed by atoms with E-state index in [9.17, 15) is 14.3 Å². The number of fused-ring (bicyclic) bond motifs is 1. The van der Waals surface area contributed by atoms with E-state index in [1.807, 2.05) is 24.3 Å². The number of ether oxygens (including phenoxy) is 1. The van der Waals surface area contributed by atoms with Crippen LogP contribution in [-0.2, 0) is 9.53 Å². The normalized spacial score (nSPS) is 22.5. The Morgan fingerprint density at radius 3 is 2.38 bits per heavy atom. The highest BCUT2D eigenvalue weighted by Gasteiger charge is 2.40.